The van der Waals surface area contributed by atoms with Crippen LogP contribution in [0.3, 0.4) is 0 Å². The number of fused-ring (bicyclic) bond motifs is 2. The van der Waals surface area contributed by atoms with Crippen molar-refractivity contribution in [2.75, 3.05) is 0 Å². The van der Waals surface area contributed by atoms with Crippen LogP contribution in [0.25, 0.3) is 16.1 Å². The molecule has 0 radical (unpaired) electrons. The average molecular weight is 386 g/mol. The SMILES string of the molecule is CCc1nn2c(=O)cc(COC(=O)Cn3c(=O)oc4ccccc43)nc2s1. The zero-order valence-corrected chi connectivity index (χ0v) is 15.1. The van der Waals surface area contributed by atoms with Gasteiger partial charge in [-0.3, -0.25) is 14.2 Å². The second-order valence-electron chi connectivity index (χ2n) is 5.71. The van der Waals surface area contributed by atoms with E-state index >= 15 is 0 Å². The molecule has 3 aromatic heterocycles. The summed E-state index contributed by atoms with van der Waals surface area (Å²) in [6.45, 7) is 1.47. The first-order valence-electron chi connectivity index (χ1n) is 8.18. The number of benzene rings is 1. The monoisotopic (exact) mass is 386 g/mol. The van der Waals surface area contributed by atoms with Crippen molar-refractivity contribution in [1.29, 1.82) is 0 Å². The molecule has 138 valence electrons. The highest BCUT2D eigenvalue weighted by Crippen LogP contribution is 2.13. The molecule has 0 saturated heterocycles. The summed E-state index contributed by atoms with van der Waals surface area (Å²) in [6, 6.07) is 8.08. The molecule has 0 fully saturated rings. The maximum Gasteiger partial charge on any atom is 0.420 e. The fourth-order valence-corrected chi connectivity index (χ4v) is 3.46. The first-order chi connectivity index (χ1) is 13.0. The van der Waals surface area contributed by atoms with Crippen LogP contribution in [-0.2, 0) is 29.1 Å². The number of oxazole rings is 1. The van der Waals surface area contributed by atoms with Crippen LogP contribution >= 0.6 is 11.3 Å². The summed E-state index contributed by atoms with van der Waals surface area (Å²) in [4.78, 5) is 40.9. The van der Waals surface area contributed by atoms with Crippen molar-refractivity contribution in [1.82, 2.24) is 19.2 Å². The van der Waals surface area contributed by atoms with Crippen LogP contribution in [0.15, 0.2) is 44.3 Å². The number of aromatic nitrogens is 4. The molecule has 0 N–H and O–H groups in total. The van der Waals surface area contributed by atoms with Gasteiger partial charge in [0.15, 0.2) is 5.58 Å². The molecule has 4 rings (SSSR count). The van der Waals surface area contributed by atoms with Gasteiger partial charge in [-0.2, -0.15) is 9.61 Å². The van der Waals surface area contributed by atoms with Crippen LogP contribution in [0.1, 0.15) is 17.6 Å². The molecule has 0 spiro atoms. The number of hydrogen-bond acceptors (Lipinski definition) is 8. The third-order valence-corrected chi connectivity index (χ3v) is 4.94. The number of esters is 1. The first kappa shape index (κ1) is 17.2. The fourth-order valence-electron chi connectivity index (χ4n) is 2.61. The molecule has 0 atom stereocenters. The van der Waals surface area contributed by atoms with E-state index in [-0.39, 0.29) is 18.7 Å². The molecule has 0 amide bonds. The standard InChI is InChI=1S/C17H14N4O5S/c1-2-13-19-21-14(22)7-10(18-16(21)27-13)9-25-15(23)8-20-11-5-3-4-6-12(11)26-17(20)24/h3-7H,2,8-9H2,1H3. The summed E-state index contributed by atoms with van der Waals surface area (Å²) in [5.41, 5.74) is 0.893. The molecule has 1 aromatic carbocycles. The van der Waals surface area contributed by atoms with Crippen molar-refractivity contribution >= 4 is 33.4 Å². The number of aryl methyl sites for hydroxylation is 1. The van der Waals surface area contributed by atoms with Gasteiger partial charge in [0.2, 0.25) is 4.96 Å². The maximum absolute atomic E-state index is 12.1. The predicted octanol–water partition coefficient (Wildman–Crippen LogP) is 1.36. The molecule has 0 bridgehead atoms. The van der Waals surface area contributed by atoms with E-state index in [0.29, 0.717) is 28.2 Å². The van der Waals surface area contributed by atoms with Gasteiger partial charge in [0.05, 0.1) is 11.2 Å². The van der Waals surface area contributed by atoms with Crippen LogP contribution < -0.4 is 11.3 Å². The Kier molecular flexibility index (Phi) is 4.32. The summed E-state index contributed by atoms with van der Waals surface area (Å²) in [7, 11) is 0. The minimum absolute atomic E-state index is 0.172. The van der Waals surface area contributed by atoms with E-state index in [1.54, 1.807) is 24.3 Å². The number of carbonyl (C=O) groups excluding carboxylic acids is 1. The van der Waals surface area contributed by atoms with Crippen LogP contribution in [0.5, 0.6) is 0 Å². The predicted molar refractivity (Wildman–Crippen MR) is 96.8 cm³/mol. The number of ether oxygens (including phenoxy) is 1. The quantitative estimate of drug-likeness (QED) is 0.477. The number of rotatable bonds is 5. The zero-order valence-electron chi connectivity index (χ0n) is 14.2. The second kappa shape index (κ2) is 6.80. The van der Waals surface area contributed by atoms with Crippen LogP contribution in [-0.4, -0.2) is 25.1 Å². The number of hydrogen-bond donors (Lipinski definition) is 0. The van der Waals surface area contributed by atoms with E-state index in [2.05, 4.69) is 10.1 Å². The molecule has 10 heteroatoms. The van der Waals surface area contributed by atoms with Crippen molar-refractivity contribution in [3.63, 3.8) is 0 Å². The fraction of sp³-hybridized carbons (Fsp3) is 0.235. The third-order valence-electron chi connectivity index (χ3n) is 3.88. The van der Waals surface area contributed by atoms with Crippen LogP contribution in [0.4, 0.5) is 0 Å². The van der Waals surface area contributed by atoms with Crippen LogP contribution in [0.2, 0.25) is 0 Å². The van der Waals surface area contributed by atoms with E-state index < -0.39 is 11.7 Å². The van der Waals surface area contributed by atoms with Gasteiger partial charge < -0.3 is 9.15 Å². The lowest BCUT2D eigenvalue weighted by Gasteiger charge is -2.05. The maximum atomic E-state index is 12.1. The van der Waals surface area contributed by atoms with Gasteiger partial charge in [0, 0.05) is 6.07 Å². The van der Waals surface area contributed by atoms with Gasteiger partial charge in [0.1, 0.15) is 18.2 Å². The summed E-state index contributed by atoms with van der Waals surface area (Å²) in [6.07, 6.45) is 0.700. The molecule has 3 heterocycles. The second-order valence-corrected chi connectivity index (χ2v) is 6.75. The molecule has 0 aliphatic rings. The largest absolute Gasteiger partial charge is 0.458 e. The Morgan fingerprint density at radius 1 is 1.30 bits per heavy atom. The lowest BCUT2D eigenvalue weighted by atomic mass is 10.3. The highest BCUT2D eigenvalue weighted by molar-refractivity contribution is 7.16. The minimum atomic E-state index is -0.636. The topological polar surface area (TPSA) is 109 Å². The Balaban J connectivity index is 1.50. The van der Waals surface area contributed by atoms with Crippen molar-refractivity contribution < 1.29 is 13.9 Å². The summed E-state index contributed by atoms with van der Waals surface area (Å²) in [5, 5.41) is 4.95. The molecular weight excluding hydrogens is 372 g/mol. The van der Waals surface area contributed by atoms with Crippen LogP contribution in [0, 0.1) is 0 Å². The first-order valence-corrected chi connectivity index (χ1v) is 8.99. The zero-order chi connectivity index (χ0) is 19.0. The van der Waals surface area contributed by atoms with E-state index in [1.165, 1.54) is 26.5 Å². The number of carbonyl (C=O) groups is 1. The van der Waals surface area contributed by atoms with Gasteiger partial charge in [-0.1, -0.05) is 30.4 Å². The molecule has 27 heavy (non-hydrogen) atoms. The van der Waals surface area contributed by atoms with Crippen molar-refractivity contribution in [2.45, 2.75) is 26.5 Å². The average Bonchev–Trinajstić information content (AvgIpc) is 3.21. The van der Waals surface area contributed by atoms with Crippen molar-refractivity contribution in [2.24, 2.45) is 0 Å². The highest BCUT2D eigenvalue weighted by atomic mass is 32.1. The summed E-state index contributed by atoms with van der Waals surface area (Å²) < 4.78 is 12.7. The van der Waals surface area contributed by atoms with Gasteiger partial charge in [-0.05, 0) is 18.6 Å². The van der Waals surface area contributed by atoms with Gasteiger partial charge in [0.25, 0.3) is 5.56 Å². The molecular formula is C17H14N4O5S. The molecule has 0 aliphatic heterocycles. The minimum Gasteiger partial charge on any atom is -0.458 e. The van der Waals surface area contributed by atoms with Gasteiger partial charge in [-0.25, -0.2) is 9.78 Å². The Morgan fingerprint density at radius 2 is 2.11 bits per heavy atom. The Bertz CT molecular complexity index is 1270. The van der Waals surface area contributed by atoms with Crippen molar-refractivity contribution in [3.8, 4) is 0 Å². The van der Waals surface area contributed by atoms with Gasteiger partial charge in [-0.15, -0.1) is 0 Å². The lowest BCUT2D eigenvalue weighted by Crippen LogP contribution is -2.22. The highest BCUT2D eigenvalue weighted by Gasteiger charge is 2.14. The van der Waals surface area contributed by atoms with Crippen molar-refractivity contribution in [3.05, 3.63) is 61.9 Å². The number of para-hydroxylation sites is 2. The van der Waals surface area contributed by atoms with E-state index in [0.717, 1.165) is 5.01 Å². The van der Waals surface area contributed by atoms with E-state index in [1.807, 2.05) is 6.92 Å². The van der Waals surface area contributed by atoms with E-state index in [4.69, 9.17) is 9.15 Å². The van der Waals surface area contributed by atoms with Gasteiger partial charge >= 0.3 is 11.7 Å². The summed E-state index contributed by atoms with van der Waals surface area (Å²) >= 11 is 1.31. The van der Waals surface area contributed by atoms with E-state index in [9.17, 15) is 14.4 Å². The molecule has 0 aliphatic carbocycles. The molecule has 4 aromatic rings. The Hall–Kier alpha value is -3.27. The normalized spacial score (nSPS) is 11.3. The Labute approximate surface area is 155 Å². The summed E-state index contributed by atoms with van der Waals surface area (Å²) in [5.74, 6) is -1.27. The molecule has 9 nitrogen and oxygen atoms in total. The number of nitrogens with zero attached hydrogens (tertiary/aromatic N) is 4. The smallest absolute Gasteiger partial charge is 0.420 e. The molecule has 0 saturated carbocycles. The lowest BCUT2D eigenvalue weighted by molar-refractivity contribution is -0.145. The molecule has 0 unspecified atom stereocenters. The Morgan fingerprint density at radius 3 is 2.93 bits per heavy atom. The third kappa shape index (κ3) is 3.26.